The number of rotatable bonds is 7. The Hall–Kier alpha value is -2.97. The molecule has 0 saturated heterocycles. The van der Waals surface area contributed by atoms with E-state index in [1.807, 2.05) is 30.3 Å². The van der Waals surface area contributed by atoms with E-state index in [2.05, 4.69) is 10.6 Å². The maximum atomic E-state index is 12.3. The van der Waals surface area contributed by atoms with Crippen LogP contribution in [0.5, 0.6) is 0 Å². The van der Waals surface area contributed by atoms with E-state index in [9.17, 15) is 18.0 Å². The summed E-state index contributed by atoms with van der Waals surface area (Å²) in [6.45, 7) is 1.55. The lowest BCUT2D eigenvalue weighted by Gasteiger charge is -2.15. The SMILES string of the molecule is C[C@H](NC(=O)/C=C/c1ccccc1)C(=O)Nc1cccc(S(=O)(=O)N(C)C)c1. The van der Waals surface area contributed by atoms with Crippen LogP contribution in [0.3, 0.4) is 0 Å². The van der Waals surface area contributed by atoms with Crippen molar-refractivity contribution in [3.05, 3.63) is 66.2 Å². The van der Waals surface area contributed by atoms with Crippen molar-refractivity contribution in [2.45, 2.75) is 17.9 Å². The number of nitrogens with zero attached hydrogens (tertiary/aromatic N) is 1. The highest BCUT2D eigenvalue weighted by atomic mass is 32.2. The third kappa shape index (κ3) is 5.77. The van der Waals surface area contributed by atoms with Crippen molar-refractivity contribution in [3.63, 3.8) is 0 Å². The zero-order valence-electron chi connectivity index (χ0n) is 15.9. The molecule has 2 N–H and O–H groups in total. The van der Waals surface area contributed by atoms with E-state index in [0.717, 1.165) is 9.87 Å². The fourth-order valence-corrected chi connectivity index (χ4v) is 3.21. The highest BCUT2D eigenvalue weighted by Gasteiger charge is 2.19. The van der Waals surface area contributed by atoms with Crippen molar-refractivity contribution in [2.75, 3.05) is 19.4 Å². The molecule has 0 fully saturated rings. The predicted molar refractivity (Wildman–Crippen MR) is 109 cm³/mol. The van der Waals surface area contributed by atoms with Gasteiger partial charge in [-0.15, -0.1) is 0 Å². The largest absolute Gasteiger partial charge is 0.341 e. The molecule has 28 heavy (non-hydrogen) atoms. The Bertz CT molecular complexity index is 970. The molecule has 0 bridgehead atoms. The summed E-state index contributed by atoms with van der Waals surface area (Å²) in [5.41, 5.74) is 1.20. The second-order valence-corrected chi connectivity index (χ2v) is 8.43. The van der Waals surface area contributed by atoms with Crippen molar-refractivity contribution in [2.24, 2.45) is 0 Å². The van der Waals surface area contributed by atoms with E-state index in [1.54, 1.807) is 19.1 Å². The number of carbonyl (C=O) groups excluding carboxylic acids is 2. The first kappa shape index (κ1) is 21.3. The summed E-state index contributed by atoms with van der Waals surface area (Å²) in [7, 11) is -0.742. The first-order valence-corrected chi connectivity index (χ1v) is 10.0. The van der Waals surface area contributed by atoms with Gasteiger partial charge >= 0.3 is 0 Å². The number of hydrogen-bond donors (Lipinski definition) is 2. The lowest BCUT2D eigenvalue weighted by atomic mass is 10.2. The van der Waals surface area contributed by atoms with Crippen LogP contribution >= 0.6 is 0 Å². The Balaban J connectivity index is 1.99. The van der Waals surface area contributed by atoms with Gasteiger partial charge in [0.05, 0.1) is 4.90 Å². The molecule has 0 unspecified atom stereocenters. The van der Waals surface area contributed by atoms with Gasteiger partial charge in [0.2, 0.25) is 21.8 Å². The molecule has 2 amide bonds. The summed E-state index contributed by atoms with van der Waals surface area (Å²) in [6, 6.07) is 14.4. The number of benzene rings is 2. The third-order valence-corrected chi connectivity index (χ3v) is 5.67. The van der Waals surface area contributed by atoms with Gasteiger partial charge in [0.25, 0.3) is 0 Å². The maximum absolute atomic E-state index is 12.3. The second-order valence-electron chi connectivity index (χ2n) is 6.28. The Morgan fingerprint density at radius 3 is 2.36 bits per heavy atom. The Kier molecular flexibility index (Phi) is 7.08. The van der Waals surface area contributed by atoms with Gasteiger partial charge in [-0.1, -0.05) is 36.4 Å². The molecule has 0 saturated carbocycles. The Morgan fingerprint density at radius 1 is 1.04 bits per heavy atom. The van der Waals surface area contributed by atoms with E-state index in [0.29, 0.717) is 5.69 Å². The lowest BCUT2D eigenvalue weighted by Crippen LogP contribution is -2.40. The monoisotopic (exact) mass is 401 g/mol. The first-order chi connectivity index (χ1) is 13.2. The van der Waals surface area contributed by atoms with Gasteiger partial charge < -0.3 is 10.6 Å². The maximum Gasteiger partial charge on any atom is 0.246 e. The number of sulfonamides is 1. The van der Waals surface area contributed by atoms with Crippen LogP contribution < -0.4 is 10.6 Å². The highest BCUT2D eigenvalue weighted by molar-refractivity contribution is 7.89. The fraction of sp³-hybridized carbons (Fsp3) is 0.200. The fourth-order valence-electron chi connectivity index (χ4n) is 2.26. The van der Waals surface area contributed by atoms with Gasteiger partial charge in [-0.2, -0.15) is 0 Å². The van der Waals surface area contributed by atoms with E-state index in [-0.39, 0.29) is 4.90 Å². The number of hydrogen-bond acceptors (Lipinski definition) is 4. The molecule has 0 spiro atoms. The van der Waals surface area contributed by atoms with E-state index >= 15 is 0 Å². The molecule has 2 rings (SSSR count). The number of amides is 2. The quantitative estimate of drug-likeness (QED) is 0.695. The molecule has 2 aromatic carbocycles. The summed E-state index contributed by atoms with van der Waals surface area (Å²) in [6.07, 6.45) is 3.00. The topological polar surface area (TPSA) is 95.6 Å². The number of carbonyl (C=O) groups is 2. The third-order valence-electron chi connectivity index (χ3n) is 3.86. The molecule has 0 radical (unpaired) electrons. The van der Waals surface area contributed by atoms with Crippen molar-refractivity contribution >= 4 is 33.6 Å². The molecule has 0 aromatic heterocycles. The second kappa shape index (κ2) is 9.29. The van der Waals surface area contributed by atoms with Gasteiger partial charge in [0.1, 0.15) is 6.04 Å². The number of anilines is 1. The van der Waals surface area contributed by atoms with Crippen LogP contribution in [-0.4, -0.2) is 44.7 Å². The van der Waals surface area contributed by atoms with Gasteiger partial charge in [-0.3, -0.25) is 9.59 Å². The van der Waals surface area contributed by atoms with Crippen LogP contribution in [0.4, 0.5) is 5.69 Å². The average Bonchev–Trinajstić information content (AvgIpc) is 2.67. The molecule has 0 heterocycles. The molecule has 1 atom stereocenters. The molecule has 0 aliphatic heterocycles. The van der Waals surface area contributed by atoms with Gasteiger partial charge in [0, 0.05) is 25.9 Å². The zero-order valence-corrected chi connectivity index (χ0v) is 16.7. The molecule has 7 nitrogen and oxygen atoms in total. The zero-order chi connectivity index (χ0) is 20.7. The summed E-state index contributed by atoms with van der Waals surface area (Å²) in [5.74, 6) is -0.865. The van der Waals surface area contributed by atoms with Crippen LogP contribution in [0.25, 0.3) is 6.08 Å². The summed E-state index contributed by atoms with van der Waals surface area (Å²) < 4.78 is 25.5. The molecular weight excluding hydrogens is 378 g/mol. The normalized spacial score (nSPS) is 12.7. The summed E-state index contributed by atoms with van der Waals surface area (Å²) in [5, 5.41) is 5.18. The smallest absolute Gasteiger partial charge is 0.246 e. The first-order valence-electron chi connectivity index (χ1n) is 8.57. The van der Waals surface area contributed by atoms with Crippen molar-refractivity contribution in [1.29, 1.82) is 0 Å². The van der Waals surface area contributed by atoms with Gasteiger partial charge in [0.15, 0.2) is 0 Å². The average molecular weight is 401 g/mol. The lowest BCUT2D eigenvalue weighted by molar-refractivity contribution is -0.123. The Morgan fingerprint density at radius 2 is 1.71 bits per heavy atom. The summed E-state index contributed by atoms with van der Waals surface area (Å²) >= 11 is 0. The van der Waals surface area contributed by atoms with Gasteiger partial charge in [-0.05, 0) is 36.8 Å². The van der Waals surface area contributed by atoms with Crippen LogP contribution in [0.2, 0.25) is 0 Å². The van der Waals surface area contributed by atoms with Crippen molar-refractivity contribution < 1.29 is 18.0 Å². The minimum absolute atomic E-state index is 0.0674. The highest BCUT2D eigenvalue weighted by Crippen LogP contribution is 2.18. The minimum atomic E-state index is -3.60. The summed E-state index contributed by atoms with van der Waals surface area (Å²) in [4.78, 5) is 24.4. The number of nitrogens with one attached hydrogen (secondary N) is 2. The molecule has 0 aliphatic carbocycles. The molecule has 148 valence electrons. The van der Waals surface area contributed by atoms with Crippen molar-refractivity contribution in [3.8, 4) is 0 Å². The molecule has 2 aromatic rings. The van der Waals surface area contributed by atoms with Crippen molar-refractivity contribution in [1.82, 2.24) is 9.62 Å². The standard InChI is InChI=1S/C20H23N3O4S/c1-15(21-19(24)13-12-16-8-5-4-6-9-16)20(25)22-17-10-7-11-18(14-17)28(26,27)23(2)3/h4-15H,1-3H3,(H,21,24)(H,22,25)/b13-12+/t15-/m0/s1. The van der Waals surface area contributed by atoms with Crippen LogP contribution in [-0.2, 0) is 19.6 Å². The van der Waals surface area contributed by atoms with Crippen LogP contribution in [0.1, 0.15) is 12.5 Å². The van der Waals surface area contributed by atoms with E-state index < -0.39 is 27.9 Å². The minimum Gasteiger partial charge on any atom is -0.341 e. The molecular formula is C20H23N3O4S. The predicted octanol–water partition coefficient (Wildman–Crippen LogP) is 2.09. The van der Waals surface area contributed by atoms with Gasteiger partial charge in [-0.25, -0.2) is 12.7 Å². The van der Waals surface area contributed by atoms with Crippen LogP contribution in [0.15, 0.2) is 65.6 Å². The van der Waals surface area contributed by atoms with E-state index in [4.69, 9.17) is 0 Å². The van der Waals surface area contributed by atoms with E-state index in [1.165, 1.54) is 38.4 Å². The Labute approximate surface area is 165 Å². The molecule has 0 aliphatic rings. The molecule has 8 heteroatoms. The van der Waals surface area contributed by atoms with Crippen LogP contribution in [0, 0.1) is 0 Å².